The highest BCUT2D eigenvalue weighted by Crippen LogP contribution is 2.02. The Labute approximate surface area is 82.0 Å². The average molecular weight is 188 g/mol. The van der Waals surface area contributed by atoms with Crippen LogP contribution in [0, 0.1) is 6.92 Å². The normalized spacial score (nSPS) is 10.4. The Morgan fingerprint density at radius 3 is 2.57 bits per heavy atom. The first-order valence-corrected chi connectivity index (χ1v) is 4.56. The highest BCUT2D eigenvalue weighted by Gasteiger charge is 1.99. The molecule has 14 heavy (non-hydrogen) atoms. The standard InChI is InChI=1S/C11H12N2O/c1-9-7-11(14)12-13(9)8-10-5-3-2-4-6-10/h2-7H,8H2,1H3,(H,12,14). The van der Waals surface area contributed by atoms with E-state index in [2.05, 4.69) is 5.10 Å². The van der Waals surface area contributed by atoms with Crippen molar-refractivity contribution in [3.05, 3.63) is 58.0 Å². The summed E-state index contributed by atoms with van der Waals surface area (Å²) >= 11 is 0. The van der Waals surface area contributed by atoms with Gasteiger partial charge in [0.1, 0.15) is 0 Å². The molecule has 0 atom stereocenters. The smallest absolute Gasteiger partial charge is 0.264 e. The van der Waals surface area contributed by atoms with Crippen molar-refractivity contribution in [3.63, 3.8) is 0 Å². The zero-order valence-corrected chi connectivity index (χ0v) is 8.03. The van der Waals surface area contributed by atoms with E-state index in [1.807, 2.05) is 41.9 Å². The number of H-pyrrole nitrogens is 1. The molecule has 0 bridgehead atoms. The molecule has 0 saturated carbocycles. The predicted molar refractivity (Wildman–Crippen MR) is 55.3 cm³/mol. The number of rotatable bonds is 2. The van der Waals surface area contributed by atoms with Gasteiger partial charge in [0.05, 0.1) is 6.54 Å². The van der Waals surface area contributed by atoms with Crippen molar-refractivity contribution in [1.29, 1.82) is 0 Å². The van der Waals surface area contributed by atoms with Crippen LogP contribution in [0.25, 0.3) is 0 Å². The third kappa shape index (κ3) is 1.76. The molecule has 1 N–H and O–H groups in total. The molecule has 0 unspecified atom stereocenters. The number of nitrogens with zero attached hydrogens (tertiary/aromatic N) is 1. The molecule has 0 aliphatic rings. The van der Waals surface area contributed by atoms with E-state index in [1.54, 1.807) is 6.07 Å². The van der Waals surface area contributed by atoms with Gasteiger partial charge in [-0.3, -0.25) is 14.6 Å². The SMILES string of the molecule is Cc1cc(=O)[nH]n1Cc1ccccc1. The van der Waals surface area contributed by atoms with Crippen LogP contribution in [0.1, 0.15) is 11.3 Å². The van der Waals surface area contributed by atoms with Gasteiger partial charge >= 0.3 is 0 Å². The van der Waals surface area contributed by atoms with E-state index in [0.29, 0.717) is 0 Å². The van der Waals surface area contributed by atoms with Gasteiger partial charge < -0.3 is 0 Å². The molecule has 72 valence electrons. The summed E-state index contributed by atoms with van der Waals surface area (Å²) in [5, 5.41) is 2.75. The van der Waals surface area contributed by atoms with Crippen LogP contribution in [0.15, 0.2) is 41.2 Å². The zero-order valence-electron chi connectivity index (χ0n) is 8.03. The van der Waals surface area contributed by atoms with E-state index in [4.69, 9.17) is 0 Å². The summed E-state index contributed by atoms with van der Waals surface area (Å²) in [6.45, 7) is 2.63. The number of benzene rings is 1. The molecule has 0 aliphatic carbocycles. The maximum absolute atomic E-state index is 11.0. The minimum atomic E-state index is -0.0431. The van der Waals surface area contributed by atoms with Crippen LogP contribution in [-0.4, -0.2) is 9.78 Å². The zero-order chi connectivity index (χ0) is 9.97. The summed E-state index contributed by atoms with van der Waals surface area (Å²) in [7, 11) is 0. The molecule has 1 aromatic heterocycles. The van der Waals surface area contributed by atoms with Crippen molar-refractivity contribution in [2.45, 2.75) is 13.5 Å². The molecule has 0 amide bonds. The lowest BCUT2D eigenvalue weighted by molar-refractivity contribution is 0.658. The number of nitrogens with one attached hydrogen (secondary N) is 1. The molecule has 0 spiro atoms. The minimum absolute atomic E-state index is 0.0431. The van der Waals surface area contributed by atoms with Crippen molar-refractivity contribution >= 4 is 0 Å². The fourth-order valence-electron chi connectivity index (χ4n) is 1.45. The van der Waals surface area contributed by atoms with Gasteiger partial charge in [-0.05, 0) is 12.5 Å². The topological polar surface area (TPSA) is 37.8 Å². The Bertz CT molecular complexity index is 468. The Kier molecular flexibility index (Phi) is 2.23. The van der Waals surface area contributed by atoms with Crippen LogP contribution < -0.4 is 5.56 Å². The fraction of sp³-hybridized carbons (Fsp3) is 0.182. The lowest BCUT2D eigenvalue weighted by atomic mass is 10.2. The molecule has 3 heteroatoms. The maximum atomic E-state index is 11.0. The lowest BCUT2D eigenvalue weighted by Gasteiger charge is -2.04. The summed E-state index contributed by atoms with van der Waals surface area (Å²) in [5.74, 6) is 0. The molecule has 1 aromatic carbocycles. The van der Waals surface area contributed by atoms with Crippen LogP contribution in [0.3, 0.4) is 0 Å². The van der Waals surface area contributed by atoms with Crippen molar-refractivity contribution in [2.24, 2.45) is 0 Å². The molecular formula is C11H12N2O. The van der Waals surface area contributed by atoms with Gasteiger partial charge in [-0.25, -0.2) is 0 Å². The number of hydrogen-bond acceptors (Lipinski definition) is 1. The van der Waals surface area contributed by atoms with Crippen LogP contribution >= 0.6 is 0 Å². The molecular weight excluding hydrogens is 176 g/mol. The van der Waals surface area contributed by atoms with Gasteiger partial charge in [0.15, 0.2) is 0 Å². The first kappa shape index (κ1) is 8.81. The first-order chi connectivity index (χ1) is 6.75. The summed E-state index contributed by atoms with van der Waals surface area (Å²) in [6.07, 6.45) is 0. The molecule has 0 fully saturated rings. The molecule has 1 heterocycles. The van der Waals surface area contributed by atoms with E-state index in [0.717, 1.165) is 12.2 Å². The van der Waals surface area contributed by atoms with Crippen molar-refractivity contribution in [3.8, 4) is 0 Å². The van der Waals surface area contributed by atoms with Crippen molar-refractivity contribution < 1.29 is 0 Å². The van der Waals surface area contributed by atoms with E-state index in [9.17, 15) is 4.79 Å². The Hall–Kier alpha value is -1.77. The molecule has 2 aromatic rings. The van der Waals surface area contributed by atoms with E-state index in [-0.39, 0.29) is 5.56 Å². The van der Waals surface area contributed by atoms with Gasteiger partial charge in [0, 0.05) is 11.8 Å². The fourth-order valence-corrected chi connectivity index (χ4v) is 1.45. The van der Waals surface area contributed by atoms with Gasteiger partial charge in [-0.15, -0.1) is 0 Å². The maximum Gasteiger partial charge on any atom is 0.264 e. The third-order valence-corrected chi connectivity index (χ3v) is 2.19. The van der Waals surface area contributed by atoms with E-state index >= 15 is 0 Å². The van der Waals surface area contributed by atoms with Gasteiger partial charge in [-0.2, -0.15) is 0 Å². The van der Waals surface area contributed by atoms with Crippen LogP contribution in [0.5, 0.6) is 0 Å². The molecule has 0 aliphatic heterocycles. The first-order valence-electron chi connectivity index (χ1n) is 4.56. The summed E-state index contributed by atoms with van der Waals surface area (Å²) < 4.78 is 1.84. The molecule has 0 saturated heterocycles. The van der Waals surface area contributed by atoms with Crippen LogP contribution in [-0.2, 0) is 6.54 Å². The summed E-state index contributed by atoms with van der Waals surface area (Å²) in [4.78, 5) is 11.0. The van der Waals surface area contributed by atoms with Gasteiger partial charge in [-0.1, -0.05) is 30.3 Å². The quantitative estimate of drug-likeness (QED) is 0.762. The second-order valence-corrected chi connectivity index (χ2v) is 3.33. The molecule has 0 radical (unpaired) electrons. The third-order valence-electron chi connectivity index (χ3n) is 2.19. The number of aromatic nitrogens is 2. The minimum Gasteiger partial charge on any atom is -0.285 e. The van der Waals surface area contributed by atoms with Gasteiger partial charge in [0.25, 0.3) is 5.56 Å². The molecule has 3 nitrogen and oxygen atoms in total. The van der Waals surface area contributed by atoms with Crippen molar-refractivity contribution in [2.75, 3.05) is 0 Å². The largest absolute Gasteiger partial charge is 0.285 e. The average Bonchev–Trinajstić information content (AvgIpc) is 2.47. The van der Waals surface area contributed by atoms with E-state index < -0.39 is 0 Å². The van der Waals surface area contributed by atoms with Crippen LogP contribution in [0.2, 0.25) is 0 Å². The Balaban J connectivity index is 2.27. The second kappa shape index (κ2) is 3.54. The summed E-state index contributed by atoms with van der Waals surface area (Å²) in [6, 6.07) is 11.6. The second-order valence-electron chi connectivity index (χ2n) is 3.33. The van der Waals surface area contributed by atoms with Gasteiger partial charge in [0.2, 0.25) is 0 Å². The van der Waals surface area contributed by atoms with Crippen molar-refractivity contribution in [1.82, 2.24) is 9.78 Å². The highest BCUT2D eigenvalue weighted by atomic mass is 16.1. The Morgan fingerprint density at radius 2 is 2.00 bits per heavy atom. The number of hydrogen-bond donors (Lipinski definition) is 1. The lowest BCUT2D eigenvalue weighted by Crippen LogP contribution is -2.07. The predicted octanol–water partition coefficient (Wildman–Crippen LogP) is 1.53. The number of aromatic amines is 1. The molecule has 2 rings (SSSR count). The Morgan fingerprint density at radius 1 is 1.29 bits per heavy atom. The van der Waals surface area contributed by atoms with E-state index in [1.165, 1.54) is 5.56 Å². The monoisotopic (exact) mass is 188 g/mol. The number of aryl methyl sites for hydroxylation is 1. The van der Waals surface area contributed by atoms with Crippen LogP contribution in [0.4, 0.5) is 0 Å². The summed E-state index contributed by atoms with van der Waals surface area (Å²) in [5.41, 5.74) is 2.10. The highest BCUT2D eigenvalue weighted by molar-refractivity contribution is 5.15.